The number of ketones is 2. The van der Waals surface area contributed by atoms with Gasteiger partial charge in [0.05, 0.1) is 0 Å². The van der Waals surface area contributed by atoms with Crippen molar-refractivity contribution in [2.75, 3.05) is 13.4 Å². The molecule has 1 spiro atoms. The summed E-state index contributed by atoms with van der Waals surface area (Å²) in [4.78, 5) is 24.8. The Balaban J connectivity index is 1.50. The smallest absolute Gasteiger partial charge is 0.190 e. The first-order valence-corrected chi connectivity index (χ1v) is 10.4. The largest absolute Gasteiger partial charge is 0.347 e. The van der Waals surface area contributed by atoms with Gasteiger partial charge in [0.2, 0.25) is 0 Å². The van der Waals surface area contributed by atoms with Gasteiger partial charge in [-0.05, 0) is 74.2 Å². The van der Waals surface area contributed by atoms with Gasteiger partial charge in [-0.15, -0.1) is 0 Å². The van der Waals surface area contributed by atoms with Gasteiger partial charge < -0.3 is 9.47 Å². The maximum atomic E-state index is 12.9. The van der Waals surface area contributed by atoms with Crippen molar-refractivity contribution in [2.24, 2.45) is 28.6 Å². The van der Waals surface area contributed by atoms with Crippen molar-refractivity contribution >= 4 is 11.6 Å². The highest BCUT2D eigenvalue weighted by Crippen LogP contribution is 2.68. The molecule has 3 saturated carbocycles. The maximum absolute atomic E-state index is 12.9. The fourth-order valence-corrected chi connectivity index (χ4v) is 7.73. The third kappa shape index (κ3) is 1.98. The van der Waals surface area contributed by atoms with Crippen LogP contribution in [0.25, 0.3) is 0 Å². The van der Waals surface area contributed by atoms with Gasteiger partial charge in [0.25, 0.3) is 0 Å². The number of Topliss-reactive ketones (excluding diaryl/α,β-unsaturated/α-hetero) is 1. The van der Waals surface area contributed by atoms with Crippen LogP contribution >= 0.6 is 0 Å². The predicted octanol–water partition coefficient (Wildman–Crippen LogP) is 3.83. The van der Waals surface area contributed by atoms with E-state index < -0.39 is 5.60 Å². The standard InChI is InChI=1S/C22H30O4/c1-20-8-5-15(23)11-14(20)3-4-16-17(20)6-9-21(2)18(16)7-10-22(21)19(24)12-25-13-26-22/h11,16-18H,3-10,12-13H2,1-2H3/t16-,17+,18+,20+,21+,22+/m1/s1. The van der Waals surface area contributed by atoms with Crippen LogP contribution in [0, 0.1) is 28.6 Å². The molecule has 5 aliphatic rings. The number of hydrogen-bond donors (Lipinski definition) is 0. The third-order valence-corrected chi connectivity index (χ3v) is 9.15. The lowest BCUT2D eigenvalue weighted by Crippen LogP contribution is -2.61. The molecule has 6 atom stereocenters. The molecule has 0 radical (unpaired) electrons. The van der Waals surface area contributed by atoms with E-state index in [0.717, 1.165) is 38.5 Å². The van der Waals surface area contributed by atoms with Crippen molar-refractivity contribution in [1.82, 2.24) is 0 Å². The van der Waals surface area contributed by atoms with Gasteiger partial charge in [0.1, 0.15) is 19.0 Å². The Morgan fingerprint density at radius 1 is 1.00 bits per heavy atom. The minimum Gasteiger partial charge on any atom is -0.347 e. The second-order valence-electron chi connectivity index (χ2n) is 9.82. The first kappa shape index (κ1) is 17.1. The number of ether oxygens (including phenoxy) is 2. The topological polar surface area (TPSA) is 52.6 Å². The summed E-state index contributed by atoms with van der Waals surface area (Å²) in [5.41, 5.74) is 0.927. The molecule has 142 valence electrons. The van der Waals surface area contributed by atoms with Crippen LogP contribution in [0.15, 0.2) is 11.6 Å². The van der Waals surface area contributed by atoms with E-state index in [4.69, 9.17) is 9.47 Å². The Labute approximate surface area is 155 Å². The second-order valence-corrected chi connectivity index (χ2v) is 9.82. The molecule has 4 fully saturated rings. The lowest BCUT2D eigenvalue weighted by molar-refractivity contribution is -0.230. The van der Waals surface area contributed by atoms with Crippen LogP contribution in [-0.4, -0.2) is 30.6 Å². The average molecular weight is 358 g/mol. The van der Waals surface area contributed by atoms with Crippen LogP contribution in [0.2, 0.25) is 0 Å². The van der Waals surface area contributed by atoms with Crippen LogP contribution in [0.1, 0.15) is 65.2 Å². The molecule has 26 heavy (non-hydrogen) atoms. The van der Waals surface area contributed by atoms with Gasteiger partial charge in [-0.3, -0.25) is 9.59 Å². The minimum absolute atomic E-state index is 0.0584. The molecule has 1 saturated heterocycles. The Kier molecular flexibility index (Phi) is 3.63. The second kappa shape index (κ2) is 5.51. The number of hydrogen-bond acceptors (Lipinski definition) is 4. The summed E-state index contributed by atoms with van der Waals surface area (Å²) in [5, 5.41) is 0. The third-order valence-electron chi connectivity index (χ3n) is 9.15. The van der Waals surface area contributed by atoms with Crippen molar-refractivity contribution in [3.05, 3.63) is 11.6 Å². The number of carbonyl (C=O) groups is 2. The first-order valence-electron chi connectivity index (χ1n) is 10.4. The van der Waals surface area contributed by atoms with Crippen LogP contribution in [-0.2, 0) is 19.1 Å². The van der Waals surface area contributed by atoms with Crippen LogP contribution < -0.4 is 0 Å². The van der Waals surface area contributed by atoms with E-state index in [0.29, 0.717) is 30.0 Å². The highest BCUT2D eigenvalue weighted by atomic mass is 16.7. The molecule has 4 aliphatic carbocycles. The van der Waals surface area contributed by atoms with Gasteiger partial charge in [0.15, 0.2) is 11.6 Å². The number of allylic oxidation sites excluding steroid dienone is 1. The lowest BCUT2D eigenvalue weighted by atomic mass is 9.46. The quantitative estimate of drug-likeness (QED) is 0.660. The minimum atomic E-state index is -0.611. The summed E-state index contributed by atoms with van der Waals surface area (Å²) >= 11 is 0. The summed E-state index contributed by atoms with van der Waals surface area (Å²) in [5.74, 6) is 2.34. The zero-order chi connectivity index (χ0) is 18.2. The molecule has 4 nitrogen and oxygen atoms in total. The van der Waals surface area contributed by atoms with E-state index in [2.05, 4.69) is 13.8 Å². The number of carbonyl (C=O) groups excluding carboxylic acids is 2. The monoisotopic (exact) mass is 358 g/mol. The zero-order valence-corrected chi connectivity index (χ0v) is 16.0. The molecule has 0 unspecified atom stereocenters. The molecule has 0 aromatic carbocycles. The summed E-state index contributed by atoms with van der Waals surface area (Å²) in [7, 11) is 0. The van der Waals surface area contributed by atoms with E-state index in [1.165, 1.54) is 12.0 Å². The van der Waals surface area contributed by atoms with Crippen molar-refractivity contribution in [2.45, 2.75) is 70.8 Å². The maximum Gasteiger partial charge on any atom is 0.190 e. The zero-order valence-electron chi connectivity index (χ0n) is 16.0. The fourth-order valence-electron chi connectivity index (χ4n) is 7.73. The van der Waals surface area contributed by atoms with Crippen molar-refractivity contribution in [1.29, 1.82) is 0 Å². The van der Waals surface area contributed by atoms with Gasteiger partial charge in [-0.25, -0.2) is 0 Å². The summed E-state index contributed by atoms with van der Waals surface area (Å²) < 4.78 is 11.4. The van der Waals surface area contributed by atoms with Crippen LogP contribution in [0.4, 0.5) is 0 Å². The highest BCUT2D eigenvalue weighted by Gasteiger charge is 2.67. The van der Waals surface area contributed by atoms with Crippen molar-refractivity contribution in [3.63, 3.8) is 0 Å². The average Bonchev–Trinajstić information content (AvgIpc) is 2.92. The van der Waals surface area contributed by atoms with E-state index >= 15 is 0 Å². The molecule has 0 bridgehead atoms. The predicted molar refractivity (Wildman–Crippen MR) is 96.4 cm³/mol. The Morgan fingerprint density at radius 3 is 2.62 bits per heavy atom. The number of rotatable bonds is 0. The molecule has 0 aromatic rings. The van der Waals surface area contributed by atoms with Crippen LogP contribution in [0.5, 0.6) is 0 Å². The van der Waals surface area contributed by atoms with Crippen molar-refractivity contribution < 1.29 is 19.1 Å². The molecular formula is C22H30O4. The summed E-state index contributed by atoms with van der Waals surface area (Å²) in [6.45, 7) is 5.20. The SMILES string of the molecule is C[C@]12CCC(=O)C=C1CC[C@@H]1[C@@H]2CC[C@@]2(C)[C@H]1CC[C@@]21OCOCC1=O. The summed E-state index contributed by atoms with van der Waals surface area (Å²) in [6, 6.07) is 0. The van der Waals surface area contributed by atoms with Gasteiger partial charge in [-0.2, -0.15) is 0 Å². The van der Waals surface area contributed by atoms with Gasteiger partial charge in [-0.1, -0.05) is 19.4 Å². The van der Waals surface area contributed by atoms with E-state index in [-0.39, 0.29) is 30.0 Å². The lowest BCUT2D eigenvalue weighted by Gasteiger charge is -2.59. The Morgan fingerprint density at radius 2 is 1.81 bits per heavy atom. The van der Waals surface area contributed by atoms with E-state index in [1.807, 2.05) is 6.08 Å². The Bertz CT molecular complexity index is 696. The molecule has 4 heteroatoms. The van der Waals surface area contributed by atoms with Gasteiger partial charge in [0, 0.05) is 11.8 Å². The molecule has 5 rings (SSSR count). The molecule has 0 N–H and O–H groups in total. The van der Waals surface area contributed by atoms with Crippen LogP contribution in [0.3, 0.4) is 0 Å². The summed E-state index contributed by atoms with van der Waals surface area (Å²) in [6.07, 6.45) is 10.1. The fraction of sp³-hybridized carbons (Fsp3) is 0.818. The normalized spacial score (nSPS) is 50.8. The molecule has 0 amide bonds. The molecule has 1 heterocycles. The highest BCUT2D eigenvalue weighted by molar-refractivity contribution is 5.92. The van der Waals surface area contributed by atoms with E-state index in [9.17, 15) is 9.59 Å². The molecule has 0 aromatic heterocycles. The van der Waals surface area contributed by atoms with Crippen molar-refractivity contribution in [3.8, 4) is 0 Å². The van der Waals surface area contributed by atoms with Gasteiger partial charge >= 0.3 is 0 Å². The van der Waals surface area contributed by atoms with E-state index in [1.54, 1.807) is 0 Å². The molecular weight excluding hydrogens is 328 g/mol. The first-order chi connectivity index (χ1) is 12.4. The molecule has 1 aliphatic heterocycles. The Hall–Kier alpha value is -1.00. The number of fused-ring (bicyclic) bond motifs is 6.